The van der Waals surface area contributed by atoms with Crippen molar-refractivity contribution in [1.82, 2.24) is 14.7 Å². The fourth-order valence-electron chi connectivity index (χ4n) is 3.54. The summed E-state index contributed by atoms with van der Waals surface area (Å²) in [6.07, 6.45) is 1.87. The smallest absolute Gasteiger partial charge is 0.410 e. The minimum absolute atomic E-state index is 0.0272. The summed E-state index contributed by atoms with van der Waals surface area (Å²) in [6.45, 7) is 9.68. The Morgan fingerprint density at radius 2 is 2.08 bits per heavy atom. The molecule has 3 heterocycles. The lowest BCUT2D eigenvalue weighted by Crippen LogP contribution is -2.47. The molecule has 0 spiro atoms. The molecule has 0 saturated carbocycles. The van der Waals surface area contributed by atoms with Gasteiger partial charge in [0.05, 0.1) is 43.3 Å². The lowest BCUT2D eigenvalue weighted by molar-refractivity contribution is -0.117. The van der Waals surface area contributed by atoms with Crippen molar-refractivity contribution in [2.24, 2.45) is 5.92 Å². The molecule has 1 aromatic heterocycles. The van der Waals surface area contributed by atoms with Crippen molar-refractivity contribution in [2.45, 2.75) is 58.8 Å². The number of carbonyl (C=O) groups excluding carboxylic acids is 2. The molecular formula is C18H28N4O4. The molecule has 2 aliphatic heterocycles. The van der Waals surface area contributed by atoms with E-state index in [4.69, 9.17) is 9.47 Å². The monoisotopic (exact) mass is 364 g/mol. The molecule has 0 bridgehead atoms. The third-order valence-corrected chi connectivity index (χ3v) is 4.74. The number of rotatable bonds is 3. The molecule has 8 nitrogen and oxygen atoms in total. The number of fused-ring (bicyclic) bond motifs is 1. The Morgan fingerprint density at radius 1 is 1.35 bits per heavy atom. The number of hydrogen-bond acceptors (Lipinski definition) is 5. The van der Waals surface area contributed by atoms with E-state index in [2.05, 4.69) is 5.10 Å². The molecule has 2 aliphatic rings. The zero-order chi connectivity index (χ0) is 19.1. The third-order valence-electron chi connectivity index (χ3n) is 4.74. The molecule has 8 heteroatoms. The van der Waals surface area contributed by atoms with Crippen molar-refractivity contribution in [3.8, 4) is 0 Å². The third kappa shape index (κ3) is 3.70. The summed E-state index contributed by atoms with van der Waals surface area (Å²) in [7, 11) is 1.65. The highest BCUT2D eigenvalue weighted by Crippen LogP contribution is 2.32. The molecular weight excluding hydrogens is 336 g/mol. The number of carbonyl (C=O) groups is 2. The normalized spacial score (nSPS) is 23.3. The molecule has 3 rings (SSSR count). The second-order valence-corrected chi connectivity index (χ2v) is 8.15. The predicted molar refractivity (Wildman–Crippen MR) is 95.8 cm³/mol. The summed E-state index contributed by atoms with van der Waals surface area (Å²) in [5.74, 6) is 0.262. The van der Waals surface area contributed by atoms with Gasteiger partial charge in [0.25, 0.3) is 0 Å². The molecule has 0 radical (unpaired) electrons. The Morgan fingerprint density at radius 3 is 2.73 bits per heavy atom. The zero-order valence-electron chi connectivity index (χ0n) is 16.2. The number of nitrogens with zero attached hydrogens (tertiary/aromatic N) is 4. The van der Waals surface area contributed by atoms with Gasteiger partial charge in [0.1, 0.15) is 5.60 Å². The maximum Gasteiger partial charge on any atom is 0.410 e. The van der Waals surface area contributed by atoms with Crippen LogP contribution in [-0.4, -0.2) is 58.6 Å². The minimum atomic E-state index is -0.546. The summed E-state index contributed by atoms with van der Waals surface area (Å²) in [5, 5.41) is 4.44. The Balaban J connectivity index is 1.81. The Kier molecular flexibility index (Phi) is 4.96. The first-order valence-electron chi connectivity index (χ1n) is 9.03. The second kappa shape index (κ2) is 6.90. The number of methoxy groups -OCH3 is 1. The van der Waals surface area contributed by atoms with Crippen LogP contribution in [0.5, 0.6) is 0 Å². The molecule has 144 valence electrons. The van der Waals surface area contributed by atoms with Crippen molar-refractivity contribution in [3.63, 3.8) is 0 Å². The maximum atomic E-state index is 12.6. The van der Waals surface area contributed by atoms with Gasteiger partial charge in [0, 0.05) is 26.0 Å². The maximum absolute atomic E-state index is 12.6. The first kappa shape index (κ1) is 18.7. The highest BCUT2D eigenvalue weighted by atomic mass is 16.6. The van der Waals surface area contributed by atoms with Gasteiger partial charge in [-0.2, -0.15) is 5.10 Å². The highest BCUT2D eigenvalue weighted by Gasteiger charge is 2.37. The van der Waals surface area contributed by atoms with Crippen LogP contribution in [-0.2, 0) is 27.4 Å². The molecule has 2 amide bonds. The van der Waals surface area contributed by atoms with Gasteiger partial charge < -0.3 is 14.4 Å². The molecule has 1 unspecified atom stereocenters. The van der Waals surface area contributed by atoms with Gasteiger partial charge in [0.15, 0.2) is 0 Å². The molecule has 0 aromatic carbocycles. The zero-order valence-corrected chi connectivity index (χ0v) is 16.2. The number of ether oxygens (including phenoxy) is 2. The van der Waals surface area contributed by atoms with Crippen LogP contribution in [0.3, 0.4) is 0 Å². The van der Waals surface area contributed by atoms with Crippen LogP contribution in [0.4, 0.5) is 10.5 Å². The molecule has 2 atom stereocenters. The fraction of sp³-hybridized carbons (Fsp3) is 0.722. The van der Waals surface area contributed by atoms with Crippen LogP contribution in [0.25, 0.3) is 0 Å². The SMILES string of the molecule is COCC1CC(=O)N(c2cnn3c2CN(C(=O)OC(C)(C)C)[C@@H](C)C3)C1. The van der Waals surface area contributed by atoms with E-state index in [1.165, 1.54) is 0 Å². The van der Waals surface area contributed by atoms with Gasteiger partial charge in [-0.25, -0.2) is 4.79 Å². The van der Waals surface area contributed by atoms with E-state index >= 15 is 0 Å². The summed E-state index contributed by atoms with van der Waals surface area (Å²) in [5.41, 5.74) is 1.12. The van der Waals surface area contributed by atoms with E-state index in [0.717, 1.165) is 11.4 Å². The molecule has 1 fully saturated rings. The Bertz CT molecular complexity index is 694. The topological polar surface area (TPSA) is 76.9 Å². The average Bonchev–Trinajstić information content (AvgIpc) is 3.07. The summed E-state index contributed by atoms with van der Waals surface area (Å²) in [6, 6.07) is -0.0272. The van der Waals surface area contributed by atoms with Gasteiger partial charge in [0.2, 0.25) is 5.91 Å². The van der Waals surface area contributed by atoms with Crippen LogP contribution < -0.4 is 4.90 Å². The van der Waals surface area contributed by atoms with Gasteiger partial charge in [-0.3, -0.25) is 14.4 Å². The number of aromatic nitrogens is 2. The van der Waals surface area contributed by atoms with Gasteiger partial charge in [-0.05, 0) is 27.7 Å². The second-order valence-electron chi connectivity index (χ2n) is 8.15. The van der Waals surface area contributed by atoms with Crippen LogP contribution in [0.1, 0.15) is 39.8 Å². The molecule has 26 heavy (non-hydrogen) atoms. The molecule has 1 aromatic rings. The van der Waals surface area contributed by atoms with Crippen LogP contribution in [0.2, 0.25) is 0 Å². The lowest BCUT2D eigenvalue weighted by atomic mass is 10.1. The Labute approximate surface area is 154 Å². The number of hydrogen-bond donors (Lipinski definition) is 0. The van der Waals surface area contributed by atoms with E-state index in [1.54, 1.807) is 23.1 Å². The number of amides is 2. The van der Waals surface area contributed by atoms with Crippen LogP contribution >= 0.6 is 0 Å². The standard InChI is InChI=1S/C18H28N4O4/c1-12-8-22-15(10-20(12)17(24)26-18(2,3)4)14(7-19-22)21-9-13(11-25-5)6-16(21)23/h7,12-13H,6,8-11H2,1-5H3/t12-,13?/m0/s1. The van der Waals surface area contributed by atoms with E-state index < -0.39 is 5.60 Å². The van der Waals surface area contributed by atoms with Crippen LogP contribution in [0.15, 0.2) is 6.20 Å². The summed E-state index contributed by atoms with van der Waals surface area (Å²) >= 11 is 0. The van der Waals surface area contributed by atoms with E-state index in [1.807, 2.05) is 32.4 Å². The molecule has 0 N–H and O–H groups in total. The van der Waals surface area contributed by atoms with E-state index in [9.17, 15) is 9.59 Å². The van der Waals surface area contributed by atoms with E-state index in [-0.39, 0.29) is 24.0 Å². The van der Waals surface area contributed by atoms with Gasteiger partial charge >= 0.3 is 6.09 Å². The first-order valence-corrected chi connectivity index (χ1v) is 9.03. The average molecular weight is 364 g/mol. The minimum Gasteiger partial charge on any atom is -0.444 e. The van der Waals surface area contributed by atoms with Crippen LogP contribution in [0, 0.1) is 5.92 Å². The van der Waals surface area contributed by atoms with Crippen molar-refractivity contribution in [1.29, 1.82) is 0 Å². The quantitative estimate of drug-likeness (QED) is 0.820. The Hall–Kier alpha value is -2.09. The van der Waals surface area contributed by atoms with Gasteiger partial charge in [-0.15, -0.1) is 0 Å². The van der Waals surface area contributed by atoms with Crippen molar-refractivity contribution in [3.05, 3.63) is 11.9 Å². The largest absolute Gasteiger partial charge is 0.444 e. The van der Waals surface area contributed by atoms with E-state index in [0.29, 0.717) is 32.7 Å². The summed E-state index contributed by atoms with van der Waals surface area (Å²) in [4.78, 5) is 28.5. The van der Waals surface area contributed by atoms with Crippen molar-refractivity contribution < 1.29 is 19.1 Å². The summed E-state index contributed by atoms with van der Waals surface area (Å²) < 4.78 is 12.6. The van der Waals surface area contributed by atoms with Crippen molar-refractivity contribution >= 4 is 17.7 Å². The fourth-order valence-corrected chi connectivity index (χ4v) is 3.54. The number of anilines is 1. The highest BCUT2D eigenvalue weighted by molar-refractivity contribution is 5.96. The molecule has 1 saturated heterocycles. The lowest BCUT2D eigenvalue weighted by Gasteiger charge is -2.36. The first-order chi connectivity index (χ1) is 12.2. The van der Waals surface area contributed by atoms with Gasteiger partial charge in [-0.1, -0.05) is 0 Å². The predicted octanol–water partition coefficient (Wildman–Crippen LogP) is 2.02. The molecule has 0 aliphatic carbocycles. The van der Waals surface area contributed by atoms with Crippen molar-refractivity contribution in [2.75, 3.05) is 25.2 Å².